The molecule has 29 heavy (non-hydrogen) atoms. The number of amides is 1. The Bertz CT molecular complexity index is 947. The fraction of sp³-hybridized carbons (Fsp3) is 0.389. The van der Waals surface area contributed by atoms with Gasteiger partial charge in [0.2, 0.25) is 5.91 Å². The molecule has 0 fully saturated rings. The number of rotatable bonds is 8. The maximum absolute atomic E-state index is 12.7. The number of aromatic nitrogens is 2. The molecular formula is C18H21N3O7S. The van der Waals surface area contributed by atoms with E-state index in [-0.39, 0.29) is 27.6 Å². The molecule has 2 N–H and O–H groups in total. The van der Waals surface area contributed by atoms with Crippen molar-refractivity contribution in [3.05, 3.63) is 34.0 Å². The van der Waals surface area contributed by atoms with E-state index in [1.54, 1.807) is 6.92 Å². The average Bonchev–Trinajstić information content (AvgIpc) is 3.30. The molecule has 0 aliphatic heterocycles. The van der Waals surface area contributed by atoms with Crippen molar-refractivity contribution >= 4 is 40.2 Å². The summed E-state index contributed by atoms with van der Waals surface area (Å²) in [5, 5.41) is 15.6. The zero-order chi connectivity index (χ0) is 21.7. The average molecular weight is 423 g/mol. The molecule has 0 aliphatic carbocycles. The quantitative estimate of drug-likeness (QED) is 0.618. The lowest BCUT2D eigenvalue weighted by Gasteiger charge is -2.13. The minimum absolute atomic E-state index is 0.0616. The largest absolute Gasteiger partial charge is 0.478 e. The van der Waals surface area contributed by atoms with E-state index < -0.39 is 29.9 Å². The number of carbonyl (C=O) groups is 4. The lowest BCUT2D eigenvalue weighted by molar-refractivity contribution is -0.119. The lowest BCUT2D eigenvalue weighted by atomic mass is 10.1. The van der Waals surface area contributed by atoms with Gasteiger partial charge in [-0.05, 0) is 25.8 Å². The van der Waals surface area contributed by atoms with Gasteiger partial charge in [-0.15, -0.1) is 11.3 Å². The Balaban J connectivity index is 2.33. The third kappa shape index (κ3) is 4.80. The molecule has 2 rings (SSSR count). The van der Waals surface area contributed by atoms with Crippen molar-refractivity contribution in [3.63, 3.8) is 0 Å². The topological polar surface area (TPSA) is 137 Å². The van der Waals surface area contributed by atoms with Crippen LogP contribution < -0.4 is 5.32 Å². The molecule has 0 bridgehead atoms. The van der Waals surface area contributed by atoms with Crippen LogP contribution in [0.2, 0.25) is 0 Å². The summed E-state index contributed by atoms with van der Waals surface area (Å²) in [6.45, 7) is 5.12. The maximum atomic E-state index is 12.7. The Labute approximate surface area is 170 Å². The van der Waals surface area contributed by atoms with Crippen molar-refractivity contribution in [1.82, 2.24) is 9.78 Å². The minimum atomic E-state index is -1.17. The van der Waals surface area contributed by atoms with Gasteiger partial charge in [-0.3, -0.25) is 9.48 Å². The van der Waals surface area contributed by atoms with Crippen LogP contribution in [0, 0.1) is 6.92 Å². The lowest BCUT2D eigenvalue weighted by Crippen LogP contribution is -2.24. The molecule has 1 amide bonds. The highest BCUT2D eigenvalue weighted by atomic mass is 32.1. The van der Waals surface area contributed by atoms with Gasteiger partial charge in [0.1, 0.15) is 15.9 Å². The van der Waals surface area contributed by atoms with E-state index in [2.05, 4.69) is 10.4 Å². The highest BCUT2D eigenvalue weighted by Crippen LogP contribution is 2.34. The molecule has 1 unspecified atom stereocenters. The van der Waals surface area contributed by atoms with E-state index >= 15 is 0 Å². The summed E-state index contributed by atoms with van der Waals surface area (Å²) in [5.41, 5.74) is 0.364. The Kier molecular flexibility index (Phi) is 7.10. The number of anilines is 1. The molecule has 0 radical (unpaired) electrons. The molecule has 11 heteroatoms. The number of methoxy groups -OCH3 is 1. The number of aromatic carboxylic acids is 1. The third-order valence-corrected chi connectivity index (χ3v) is 5.21. The van der Waals surface area contributed by atoms with Crippen molar-refractivity contribution in [1.29, 1.82) is 0 Å². The number of nitrogens with zero attached hydrogens (tertiary/aromatic N) is 2. The number of carboxylic acid groups (broad SMARTS) is 1. The van der Waals surface area contributed by atoms with Crippen molar-refractivity contribution in [2.45, 2.75) is 33.2 Å². The Morgan fingerprint density at radius 1 is 1.31 bits per heavy atom. The van der Waals surface area contributed by atoms with Gasteiger partial charge >= 0.3 is 17.9 Å². The Morgan fingerprint density at radius 3 is 2.55 bits per heavy atom. The van der Waals surface area contributed by atoms with Gasteiger partial charge in [0.05, 0.1) is 31.0 Å². The van der Waals surface area contributed by atoms with Gasteiger partial charge in [-0.25, -0.2) is 14.4 Å². The number of hydrogen-bond acceptors (Lipinski definition) is 8. The number of carbonyl (C=O) groups excluding carboxylic acids is 3. The Hall–Kier alpha value is -3.21. The van der Waals surface area contributed by atoms with Gasteiger partial charge in [0.25, 0.3) is 0 Å². The number of ether oxygens (including phenoxy) is 2. The number of esters is 2. The molecule has 0 saturated carbocycles. The summed E-state index contributed by atoms with van der Waals surface area (Å²) >= 11 is 0.901. The SMILES string of the molecule is CCCOC(=O)c1c(NC(=O)C(C)n2cc(C(=O)O)cn2)sc(C(=O)OC)c1C. The molecule has 1 atom stereocenters. The maximum Gasteiger partial charge on any atom is 0.348 e. The van der Waals surface area contributed by atoms with Crippen LogP contribution in [0.5, 0.6) is 0 Å². The first-order valence-corrected chi connectivity index (χ1v) is 9.50. The van der Waals surface area contributed by atoms with E-state index in [0.29, 0.717) is 12.0 Å². The summed E-state index contributed by atoms with van der Waals surface area (Å²) in [6.07, 6.45) is 2.97. The first-order chi connectivity index (χ1) is 13.7. The van der Waals surface area contributed by atoms with Crippen molar-refractivity contribution in [2.75, 3.05) is 19.0 Å². The van der Waals surface area contributed by atoms with Crippen LogP contribution >= 0.6 is 11.3 Å². The van der Waals surface area contributed by atoms with Gasteiger partial charge in [-0.1, -0.05) is 6.92 Å². The summed E-state index contributed by atoms with van der Waals surface area (Å²) < 4.78 is 11.1. The molecule has 2 aromatic heterocycles. The van der Waals surface area contributed by atoms with Crippen LogP contribution in [0.1, 0.15) is 62.3 Å². The Morgan fingerprint density at radius 2 is 2.00 bits per heavy atom. The molecule has 10 nitrogen and oxygen atoms in total. The summed E-state index contributed by atoms with van der Waals surface area (Å²) in [7, 11) is 1.22. The minimum Gasteiger partial charge on any atom is -0.478 e. The molecule has 0 aromatic carbocycles. The van der Waals surface area contributed by atoms with E-state index in [9.17, 15) is 19.2 Å². The second-order valence-electron chi connectivity index (χ2n) is 6.07. The third-order valence-electron chi connectivity index (χ3n) is 4.02. The summed E-state index contributed by atoms with van der Waals surface area (Å²) in [6, 6.07) is -0.869. The zero-order valence-corrected chi connectivity index (χ0v) is 17.2. The van der Waals surface area contributed by atoms with E-state index in [0.717, 1.165) is 17.5 Å². The van der Waals surface area contributed by atoms with Crippen LogP contribution in [0.15, 0.2) is 12.4 Å². The van der Waals surface area contributed by atoms with Gasteiger partial charge in [0.15, 0.2) is 0 Å². The fourth-order valence-electron chi connectivity index (χ4n) is 2.40. The van der Waals surface area contributed by atoms with Crippen LogP contribution in [0.4, 0.5) is 5.00 Å². The molecule has 0 spiro atoms. The number of carboxylic acids is 1. The predicted octanol–water partition coefficient (Wildman–Crippen LogP) is 2.50. The highest BCUT2D eigenvalue weighted by Gasteiger charge is 2.28. The van der Waals surface area contributed by atoms with Crippen LogP contribution in [0.25, 0.3) is 0 Å². The van der Waals surface area contributed by atoms with Gasteiger partial charge in [-0.2, -0.15) is 5.10 Å². The highest BCUT2D eigenvalue weighted by molar-refractivity contribution is 7.18. The van der Waals surface area contributed by atoms with Gasteiger partial charge < -0.3 is 19.9 Å². The smallest absolute Gasteiger partial charge is 0.348 e. The number of nitrogens with one attached hydrogen (secondary N) is 1. The summed E-state index contributed by atoms with van der Waals surface area (Å²) in [5.74, 6) is -3.01. The first-order valence-electron chi connectivity index (χ1n) is 8.68. The summed E-state index contributed by atoms with van der Waals surface area (Å²) in [4.78, 5) is 48.3. The second-order valence-corrected chi connectivity index (χ2v) is 7.09. The molecule has 2 aromatic rings. The molecular weight excluding hydrogens is 402 g/mol. The van der Waals surface area contributed by atoms with Crippen LogP contribution in [-0.4, -0.2) is 52.4 Å². The zero-order valence-electron chi connectivity index (χ0n) is 16.3. The molecule has 0 saturated heterocycles. The van der Waals surface area contributed by atoms with Crippen LogP contribution in [-0.2, 0) is 14.3 Å². The van der Waals surface area contributed by atoms with Crippen molar-refractivity contribution in [2.24, 2.45) is 0 Å². The normalized spacial score (nSPS) is 11.6. The van der Waals surface area contributed by atoms with Gasteiger partial charge in [0, 0.05) is 6.20 Å². The standard InChI is InChI=1S/C18H21N3O7S/c1-5-6-28-17(25)12-9(2)13(18(26)27-4)29-15(12)20-14(22)10(3)21-8-11(7-19-21)16(23)24/h7-8,10H,5-6H2,1-4H3,(H,20,22)(H,23,24). The monoisotopic (exact) mass is 423 g/mol. The predicted molar refractivity (Wildman–Crippen MR) is 103 cm³/mol. The molecule has 156 valence electrons. The number of thiophene rings is 1. The fourth-order valence-corrected chi connectivity index (χ4v) is 3.51. The van der Waals surface area contributed by atoms with E-state index in [1.807, 2.05) is 6.92 Å². The van der Waals surface area contributed by atoms with E-state index in [4.69, 9.17) is 14.6 Å². The number of hydrogen-bond donors (Lipinski definition) is 2. The first kappa shape index (κ1) is 22.1. The molecule has 0 aliphatic rings. The van der Waals surface area contributed by atoms with Crippen molar-refractivity contribution < 1.29 is 33.8 Å². The van der Waals surface area contributed by atoms with Crippen molar-refractivity contribution in [3.8, 4) is 0 Å². The molecule has 2 heterocycles. The second kappa shape index (κ2) is 9.32. The van der Waals surface area contributed by atoms with E-state index in [1.165, 1.54) is 24.9 Å². The van der Waals surface area contributed by atoms with Crippen LogP contribution in [0.3, 0.4) is 0 Å².